The number of likely N-dealkylation sites (tertiary alicyclic amines) is 1. The molecule has 1 saturated heterocycles. The van der Waals surface area contributed by atoms with Crippen LogP contribution in [0.3, 0.4) is 0 Å². The van der Waals surface area contributed by atoms with Crippen molar-refractivity contribution in [3.8, 4) is 5.75 Å². The predicted octanol–water partition coefficient (Wildman–Crippen LogP) is 1.64. The largest absolute Gasteiger partial charge is 0.490 e. The normalized spacial score (nSPS) is 17.2. The van der Waals surface area contributed by atoms with Crippen molar-refractivity contribution in [2.75, 3.05) is 20.2 Å². The highest BCUT2D eigenvalue weighted by atomic mass is 35.5. The van der Waals surface area contributed by atoms with Gasteiger partial charge >= 0.3 is 0 Å². The summed E-state index contributed by atoms with van der Waals surface area (Å²) in [5.74, 6) is 0.718. The molecule has 2 heterocycles. The summed E-state index contributed by atoms with van der Waals surface area (Å²) >= 11 is 0. The zero-order valence-corrected chi connectivity index (χ0v) is 13.3. The van der Waals surface area contributed by atoms with Crippen molar-refractivity contribution < 1.29 is 9.53 Å². The van der Waals surface area contributed by atoms with E-state index in [1.54, 1.807) is 12.4 Å². The quantitative estimate of drug-likeness (QED) is 0.895. The molecule has 1 amide bonds. The van der Waals surface area contributed by atoms with Crippen LogP contribution in [-0.2, 0) is 11.3 Å². The molecule has 0 bridgehead atoms. The minimum atomic E-state index is -0.0441. The third kappa shape index (κ3) is 5.53. The van der Waals surface area contributed by atoms with E-state index < -0.39 is 0 Å². The fraction of sp³-hybridized carbons (Fsp3) is 0.538. The van der Waals surface area contributed by atoms with Crippen molar-refractivity contribution >= 4 is 30.7 Å². The Hall–Kier alpha value is -1.04. The van der Waals surface area contributed by atoms with E-state index in [1.165, 1.54) is 13.3 Å². The number of likely N-dealkylation sites (N-methyl/N-ethyl adjacent to an activating group) is 1. The summed E-state index contributed by atoms with van der Waals surface area (Å²) in [5, 5.41) is 2.74. The van der Waals surface area contributed by atoms with Crippen LogP contribution in [0.15, 0.2) is 18.5 Å². The molecule has 1 fully saturated rings. The van der Waals surface area contributed by atoms with Gasteiger partial charge in [-0.2, -0.15) is 0 Å². The minimum absolute atomic E-state index is 0. The van der Waals surface area contributed by atoms with Gasteiger partial charge in [-0.25, -0.2) is 0 Å². The van der Waals surface area contributed by atoms with Gasteiger partial charge in [0.25, 0.3) is 0 Å². The first kappa shape index (κ1) is 19.0. The summed E-state index contributed by atoms with van der Waals surface area (Å²) in [4.78, 5) is 17.2. The fourth-order valence-corrected chi connectivity index (χ4v) is 1.84. The van der Waals surface area contributed by atoms with E-state index in [0.717, 1.165) is 17.9 Å². The Balaban J connectivity index is 0.00000180. The van der Waals surface area contributed by atoms with Crippen LogP contribution in [0.4, 0.5) is 0 Å². The van der Waals surface area contributed by atoms with E-state index in [-0.39, 0.29) is 30.7 Å². The number of carbonyl (C=O) groups is 1. The van der Waals surface area contributed by atoms with Crippen molar-refractivity contribution in [3.05, 3.63) is 24.0 Å². The third-order valence-electron chi connectivity index (χ3n) is 3.19. The maximum absolute atomic E-state index is 10.8. The SMILES string of the molecule is CC(=O)NCc1cncc(OC[C@@H]2CCN2C)c1.Cl.Cl. The highest BCUT2D eigenvalue weighted by Crippen LogP contribution is 2.17. The summed E-state index contributed by atoms with van der Waals surface area (Å²) in [6, 6.07) is 2.44. The van der Waals surface area contributed by atoms with E-state index >= 15 is 0 Å². The molecule has 0 unspecified atom stereocenters. The molecular weight excluding hydrogens is 301 g/mol. The molecule has 1 aliphatic heterocycles. The second kappa shape index (κ2) is 9.00. The average molecular weight is 322 g/mol. The number of carbonyl (C=O) groups excluding carboxylic acids is 1. The van der Waals surface area contributed by atoms with Gasteiger partial charge in [0.15, 0.2) is 0 Å². The molecule has 5 nitrogen and oxygen atoms in total. The number of amides is 1. The number of ether oxygens (including phenoxy) is 1. The van der Waals surface area contributed by atoms with E-state index in [2.05, 4.69) is 22.2 Å². The lowest BCUT2D eigenvalue weighted by atomic mass is 10.1. The molecule has 1 atom stereocenters. The molecule has 1 N–H and O–H groups in total. The smallest absolute Gasteiger partial charge is 0.217 e. The van der Waals surface area contributed by atoms with Gasteiger partial charge in [-0.05, 0) is 31.6 Å². The number of hydrogen-bond donors (Lipinski definition) is 1. The number of hydrogen-bond acceptors (Lipinski definition) is 4. The molecule has 0 aromatic carbocycles. The van der Waals surface area contributed by atoms with Crippen molar-refractivity contribution in [2.45, 2.75) is 25.9 Å². The van der Waals surface area contributed by atoms with E-state index in [9.17, 15) is 4.79 Å². The van der Waals surface area contributed by atoms with E-state index in [4.69, 9.17) is 4.74 Å². The van der Waals surface area contributed by atoms with Crippen LogP contribution in [0.1, 0.15) is 18.9 Å². The first-order chi connectivity index (χ1) is 8.65. The summed E-state index contributed by atoms with van der Waals surface area (Å²) in [7, 11) is 2.10. The summed E-state index contributed by atoms with van der Waals surface area (Å²) in [5.41, 5.74) is 0.949. The van der Waals surface area contributed by atoms with Gasteiger partial charge in [0.2, 0.25) is 5.91 Å². The van der Waals surface area contributed by atoms with Crippen LogP contribution >= 0.6 is 24.8 Å². The first-order valence-corrected chi connectivity index (χ1v) is 6.16. The lowest BCUT2D eigenvalue weighted by Crippen LogP contribution is -2.48. The topological polar surface area (TPSA) is 54.5 Å². The number of pyridine rings is 1. The Labute approximate surface area is 131 Å². The third-order valence-corrected chi connectivity index (χ3v) is 3.19. The Bertz CT molecular complexity index is 432. The van der Waals surface area contributed by atoms with E-state index in [0.29, 0.717) is 19.2 Å². The van der Waals surface area contributed by atoms with Gasteiger partial charge in [0.05, 0.1) is 6.20 Å². The van der Waals surface area contributed by atoms with Gasteiger partial charge in [-0.15, -0.1) is 24.8 Å². The van der Waals surface area contributed by atoms with Crippen LogP contribution < -0.4 is 10.1 Å². The van der Waals surface area contributed by atoms with Crippen LogP contribution in [0, 0.1) is 0 Å². The molecule has 0 saturated carbocycles. The molecule has 1 aromatic rings. The number of rotatable bonds is 5. The standard InChI is InChI=1S/C13H19N3O2.2ClH/c1-10(17)15-7-11-5-13(8-14-6-11)18-9-12-3-4-16(12)2;;/h5-6,8,12H,3-4,7,9H2,1-2H3,(H,15,17);2*1H/t12-;;/m0../s1. The maximum Gasteiger partial charge on any atom is 0.217 e. The second-order valence-corrected chi connectivity index (χ2v) is 4.67. The Morgan fingerprint density at radius 1 is 1.50 bits per heavy atom. The number of nitrogens with one attached hydrogen (secondary N) is 1. The zero-order valence-electron chi connectivity index (χ0n) is 11.7. The van der Waals surface area contributed by atoms with Crippen molar-refractivity contribution in [1.82, 2.24) is 15.2 Å². The molecule has 20 heavy (non-hydrogen) atoms. The zero-order chi connectivity index (χ0) is 13.0. The molecule has 7 heteroatoms. The lowest BCUT2D eigenvalue weighted by Gasteiger charge is -2.37. The first-order valence-electron chi connectivity index (χ1n) is 6.16. The maximum atomic E-state index is 10.8. The van der Waals surface area contributed by atoms with Crippen molar-refractivity contribution in [3.63, 3.8) is 0 Å². The number of nitrogens with zero attached hydrogens (tertiary/aromatic N) is 2. The van der Waals surface area contributed by atoms with Crippen molar-refractivity contribution in [2.24, 2.45) is 0 Å². The van der Waals surface area contributed by atoms with Gasteiger partial charge in [-0.1, -0.05) is 0 Å². The molecule has 0 aliphatic carbocycles. The number of halogens is 2. The Kier molecular flexibility index (Phi) is 8.53. The summed E-state index contributed by atoms with van der Waals surface area (Å²) < 4.78 is 5.71. The molecular formula is C13H21Cl2N3O2. The van der Waals surface area contributed by atoms with Gasteiger partial charge in [0.1, 0.15) is 12.4 Å². The molecule has 1 aromatic heterocycles. The molecule has 0 spiro atoms. The van der Waals surface area contributed by atoms with Gasteiger partial charge < -0.3 is 10.1 Å². The number of aromatic nitrogens is 1. The van der Waals surface area contributed by atoms with Crippen LogP contribution in [0.2, 0.25) is 0 Å². The molecule has 0 radical (unpaired) electrons. The van der Waals surface area contributed by atoms with Crippen LogP contribution in [-0.4, -0.2) is 42.0 Å². The van der Waals surface area contributed by atoms with Crippen molar-refractivity contribution in [1.29, 1.82) is 0 Å². The van der Waals surface area contributed by atoms with Gasteiger partial charge in [0, 0.05) is 25.7 Å². The Morgan fingerprint density at radius 3 is 2.80 bits per heavy atom. The average Bonchev–Trinajstić information content (AvgIpc) is 2.35. The minimum Gasteiger partial charge on any atom is -0.490 e. The predicted molar refractivity (Wildman–Crippen MR) is 82.8 cm³/mol. The fourth-order valence-electron chi connectivity index (χ4n) is 1.84. The second-order valence-electron chi connectivity index (χ2n) is 4.67. The molecule has 1 aliphatic rings. The lowest BCUT2D eigenvalue weighted by molar-refractivity contribution is -0.119. The highest BCUT2D eigenvalue weighted by molar-refractivity contribution is 5.85. The van der Waals surface area contributed by atoms with Crippen LogP contribution in [0.5, 0.6) is 5.75 Å². The monoisotopic (exact) mass is 321 g/mol. The van der Waals surface area contributed by atoms with E-state index in [1.807, 2.05) is 6.07 Å². The molecule has 114 valence electrons. The molecule has 2 rings (SSSR count). The van der Waals surface area contributed by atoms with Gasteiger partial charge in [-0.3, -0.25) is 14.7 Å². The highest BCUT2D eigenvalue weighted by Gasteiger charge is 2.24. The summed E-state index contributed by atoms with van der Waals surface area (Å²) in [6.07, 6.45) is 4.63. The Morgan fingerprint density at radius 2 is 2.25 bits per heavy atom. The van der Waals surface area contributed by atoms with Crippen LogP contribution in [0.25, 0.3) is 0 Å². The summed E-state index contributed by atoms with van der Waals surface area (Å²) in [6.45, 7) is 3.83.